The summed E-state index contributed by atoms with van der Waals surface area (Å²) in [6.45, 7) is 2.32. The third kappa shape index (κ3) is 2.45. The van der Waals surface area contributed by atoms with Gasteiger partial charge in [-0.1, -0.05) is 6.07 Å². The lowest BCUT2D eigenvalue weighted by Gasteiger charge is -2.26. The molecule has 4 heteroatoms. The highest BCUT2D eigenvalue weighted by Gasteiger charge is 2.17. The Morgan fingerprint density at radius 3 is 2.47 bits per heavy atom. The molecular formula is C11H13F2NO. The quantitative estimate of drug-likeness (QED) is 0.825. The van der Waals surface area contributed by atoms with Crippen LogP contribution in [0, 0.1) is 17.6 Å². The van der Waals surface area contributed by atoms with Crippen molar-refractivity contribution < 1.29 is 13.5 Å². The maximum atomic E-state index is 13.1. The number of hydrogen-bond acceptors (Lipinski definition) is 2. The van der Waals surface area contributed by atoms with Crippen LogP contribution in [0.2, 0.25) is 0 Å². The molecule has 0 spiro atoms. The van der Waals surface area contributed by atoms with E-state index in [2.05, 4.69) is 5.32 Å². The second-order valence-corrected chi connectivity index (χ2v) is 3.71. The number of nitrogens with one attached hydrogen (secondary N) is 1. The van der Waals surface area contributed by atoms with E-state index in [0.29, 0.717) is 12.5 Å². The van der Waals surface area contributed by atoms with Crippen LogP contribution < -0.4 is 10.1 Å². The molecule has 0 bridgehead atoms. The third-order valence-electron chi connectivity index (χ3n) is 2.56. The van der Waals surface area contributed by atoms with Crippen LogP contribution in [-0.2, 0) is 0 Å². The molecule has 1 aliphatic heterocycles. The van der Waals surface area contributed by atoms with Gasteiger partial charge in [0.05, 0.1) is 6.61 Å². The lowest BCUT2D eigenvalue weighted by atomic mass is 10.0. The first kappa shape index (κ1) is 10.4. The molecule has 2 rings (SSSR count). The van der Waals surface area contributed by atoms with E-state index in [1.807, 2.05) is 0 Å². The summed E-state index contributed by atoms with van der Waals surface area (Å²) in [5.41, 5.74) is 0. The molecule has 0 aliphatic carbocycles. The molecule has 82 valence electrons. The molecule has 0 atom stereocenters. The van der Waals surface area contributed by atoms with Gasteiger partial charge in [-0.2, -0.15) is 0 Å². The van der Waals surface area contributed by atoms with Gasteiger partial charge in [-0.25, -0.2) is 8.78 Å². The predicted molar refractivity (Wildman–Crippen MR) is 52.8 cm³/mol. The second kappa shape index (κ2) is 4.57. The summed E-state index contributed by atoms with van der Waals surface area (Å²) in [4.78, 5) is 0. The summed E-state index contributed by atoms with van der Waals surface area (Å²) < 4.78 is 31.3. The molecule has 1 saturated heterocycles. The zero-order valence-corrected chi connectivity index (χ0v) is 8.30. The highest BCUT2D eigenvalue weighted by molar-refractivity contribution is 5.25. The number of halogens is 2. The Kier molecular flexibility index (Phi) is 3.16. The van der Waals surface area contributed by atoms with Gasteiger partial charge < -0.3 is 10.1 Å². The molecule has 0 unspecified atom stereocenters. The SMILES string of the molecule is Fc1cccc(F)c1OCCC1CNC1. The summed E-state index contributed by atoms with van der Waals surface area (Å²) in [6.07, 6.45) is 0.834. The van der Waals surface area contributed by atoms with E-state index < -0.39 is 11.6 Å². The Morgan fingerprint density at radius 1 is 1.27 bits per heavy atom. The van der Waals surface area contributed by atoms with Crippen LogP contribution in [0.15, 0.2) is 18.2 Å². The highest BCUT2D eigenvalue weighted by Crippen LogP contribution is 2.21. The summed E-state index contributed by atoms with van der Waals surface area (Å²) in [5.74, 6) is -0.951. The maximum absolute atomic E-state index is 13.1. The second-order valence-electron chi connectivity index (χ2n) is 3.71. The van der Waals surface area contributed by atoms with Crippen molar-refractivity contribution in [1.82, 2.24) is 5.32 Å². The van der Waals surface area contributed by atoms with Gasteiger partial charge in [-0.3, -0.25) is 0 Å². The summed E-state index contributed by atoms with van der Waals surface area (Å²) in [7, 11) is 0. The van der Waals surface area contributed by atoms with Gasteiger partial charge in [-0.15, -0.1) is 0 Å². The Balaban J connectivity index is 1.86. The Labute approximate surface area is 87.2 Å². The molecule has 1 heterocycles. The lowest BCUT2D eigenvalue weighted by molar-refractivity contribution is 0.224. The van der Waals surface area contributed by atoms with Gasteiger partial charge in [0.25, 0.3) is 0 Å². The fraction of sp³-hybridized carbons (Fsp3) is 0.455. The van der Waals surface area contributed by atoms with E-state index in [1.165, 1.54) is 18.2 Å². The van der Waals surface area contributed by atoms with Crippen molar-refractivity contribution in [2.24, 2.45) is 5.92 Å². The van der Waals surface area contributed by atoms with Crippen molar-refractivity contribution in [2.45, 2.75) is 6.42 Å². The molecule has 1 aromatic carbocycles. The first-order chi connectivity index (χ1) is 7.27. The van der Waals surface area contributed by atoms with Gasteiger partial charge in [-0.05, 0) is 37.6 Å². The van der Waals surface area contributed by atoms with Gasteiger partial charge >= 0.3 is 0 Å². The highest BCUT2D eigenvalue weighted by atomic mass is 19.1. The van der Waals surface area contributed by atoms with Crippen LogP contribution in [0.25, 0.3) is 0 Å². The van der Waals surface area contributed by atoms with Crippen molar-refractivity contribution in [3.8, 4) is 5.75 Å². The monoisotopic (exact) mass is 213 g/mol. The van der Waals surface area contributed by atoms with Crippen molar-refractivity contribution in [3.63, 3.8) is 0 Å². The lowest BCUT2D eigenvalue weighted by Crippen LogP contribution is -2.42. The van der Waals surface area contributed by atoms with Gasteiger partial charge in [0.2, 0.25) is 0 Å². The minimum absolute atomic E-state index is 0.259. The number of rotatable bonds is 4. The van der Waals surface area contributed by atoms with Gasteiger partial charge in [0.1, 0.15) is 0 Å². The van der Waals surface area contributed by atoms with Gasteiger partial charge in [0, 0.05) is 0 Å². The normalized spacial score (nSPS) is 16.1. The van der Waals surface area contributed by atoms with Crippen LogP contribution in [0.1, 0.15) is 6.42 Å². The number of hydrogen-bond donors (Lipinski definition) is 1. The van der Waals surface area contributed by atoms with Gasteiger partial charge in [0.15, 0.2) is 17.4 Å². The van der Waals surface area contributed by atoms with Crippen LogP contribution >= 0.6 is 0 Å². The first-order valence-corrected chi connectivity index (χ1v) is 5.05. The Hall–Kier alpha value is -1.16. The fourth-order valence-corrected chi connectivity index (χ4v) is 1.50. The third-order valence-corrected chi connectivity index (χ3v) is 2.56. The van der Waals surface area contributed by atoms with Crippen LogP contribution in [0.4, 0.5) is 8.78 Å². The van der Waals surface area contributed by atoms with Crippen molar-refractivity contribution in [2.75, 3.05) is 19.7 Å². The van der Waals surface area contributed by atoms with Crippen molar-refractivity contribution in [3.05, 3.63) is 29.8 Å². The van der Waals surface area contributed by atoms with E-state index in [9.17, 15) is 8.78 Å². The zero-order valence-electron chi connectivity index (χ0n) is 8.30. The molecule has 1 N–H and O–H groups in total. The summed E-state index contributed by atoms with van der Waals surface area (Å²) in [6, 6.07) is 3.72. The Morgan fingerprint density at radius 2 is 1.93 bits per heavy atom. The molecule has 0 radical (unpaired) electrons. The molecule has 0 aromatic heterocycles. The molecule has 1 aliphatic rings. The van der Waals surface area contributed by atoms with E-state index in [-0.39, 0.29) is 5.75 Å². The van der Waals surface area contributed by atoms with E-state index in [0.717, 1.165) is 19.5 Å². The Bertz CT molecular complexity index is 319. The molecule has 0 saturated carbocycles. The largest absolute Gasteiger partial charge is 0.488 e. The zero-order chi connectivity index (χ0) is 10.7. The minimum Gasteiger partial charge on any atom is -0.488 e. The van der Waals surface area contributed by atoms with Crippen LogP contribution in [0.3, 0.4) is 0 Å². The topological polar surface area (TPSA) is 21.3 Å². The average molecular weight is 213 g/mol. The van der Waals surface area contributed by atoms with Crippen LogP contribution in [0.5, 0.6) is 5.75 Å². The number of para-hydroxylation sites is 1. The molecule has 1 fully saturated rings. The maximum Gasteiger partial charge on any atom is 0.190 e. The van der Waals surface area contributed by atoms with E-state index in [4.69, 9.17) is 4.74 Å². The standard InChI is InChI=1S/C11H13F2NO/c12-9-2-1-3-10(13)11(9)15-5-4-8-6-14-7-8/h1-3,8,14H,4-7H2. The van der Waals surface area contributed by atoms with Crippen molar-refractivity contribution in [1.29, 1.82) is 0 Å². The average Bonchev–Trinajstić information content (AvgIpc) is 2.13. The van der Waals surface area contributed by atoms with Crippen molar-refractivity contribution >= 4 is 0 Å². The summed E-state index contributed by atoms with van der Waals surface area (Å²) in [5, 5.41) is 3.13. The van der Waals surface area contributed by atoms with E-state index in [1.54, 1.807) is 0 Å². The minimum atomic E-state index is -0.637. The van der Waals surface area contributed by atoms with E-state index >= 15 is 0 Å². The summed E-state index contributed by atoms with van der Waals surface area (Å²) >= 11 is 0. The number of benzene rings is 1. The molecule has 15 heavy (non-hydrogen) atoms. The molecule has 0 amide bonds. The van der Waals surface area contributed by atoms with Crippen LogP contribution in [-0.4, -0.2) is 19.7 Å². The fourth-order valence-electron chi connectivity index (χ4n) is 1.50. The molecule has 1 aromatic rings. The first-order valence-electron chi connectivity index (χ1n) is 5.05. The molecule has 2 nitrogen and oxygen atoms in total. The number of ether oxygens (including phenoxy) is 1. The predicted octanol–water partition coefficient (Wildman–Crippen LogP) is 1.95. The molecular weight excluding hydrogens is 200 g/mol. The smallest absolute Gasteiger partial charge is 0.190 e.